The molecule has 0 amide bonds. The zero-order valence-corrected chi connectivity index (χ0v) is 12.3. The molecule has 2 heteroatoms. The Hall–Kier alpha value is -0.0800. The van der Waals surface area contributed by atoms with E-state index in [1.165, 1.54) is 32.4 Å². The highest BCUT2D eigenvalue weighted by Gasteiger charge is 2.38. The third-order valence-electron chi connectivity index (χ3n) is 4.59. The molecule has 2 fully saturated rings. The van der Waals surface area contributed by atoms with Crippen molar-refractivity contribution in [3.8, 4) is 0 Å². The summed E-state index contributed by atoms with van der Waals surface area (Å²) in [5.41, 5.74) is 0.699. The molecule has 1 heterocycles. The van der Waals surface area contributed by atoms with Crippen molar-refractivity contribution in [1.82, 2.24) is 10.2 Å². The second-order valence-corrected chi connectivity index (χ2v) is 7.79. The summed E-state index contributed by atoms with van der Waals surface area (Å²) in [6, 6.07) is 0.634. The molecule has 1 saturated carbocycles. The van der Waals surface area contributed by atoms with Crippen LogP contribution in [0.4, 0.5) is 0 Å². The van der Waals surface area contributed by atoms with Crippen LogP contribution in [0, 0.1) is 11.3 Å². The van der Waals surface area contributed by atoms with Crippen molar-refractivity contribution >= 4 is 0 Å². The fraction of sp³-hybridized carbons (Fsp3) is 1.00. The number of hydrogen-bond acceptors (Lipinski definition) is 2. The van der Waals surface area contributed by atoms with E-state index in [4.69, 9.17) is 0 Å². The average molecular weight is 238 g/mol. The summed E-state index contributed by atoms with van der Waals surface area (Å²) >= 11 is 0. The Balaban J connectivity index is 1.93. The van der Waals surface area contributed by atoms with Crippen LogP contribution in [-0.2, 0) is 0 Å². The zero-order valence-electron chi connectivity index (χ0n) is 12.3. The van der Waals surface area contributed by atoms with Crippen LogP contribution in [0.3, 0.4) is 0 Å². The maximum Gasteiger partial charge on any atom is 0.0278 e. The van der Waals surface area contributed by atoms with Gasteiger partial charge in [0.1, 0.15) is 0 Å². The van der Waals surface area contributed by atoms with Crippen LogP contribution in [-0.4, -0.2) is 36.1 Å². The molecule has 2 nitrogen and oxygen atoms in total. The molecular formula is C15H30N2. The van der Waals surface area contributed by atoms with E-state index in [0.717, 1.165) is 12.5 Å². The Morgan fingerprint density at radius 2 is 1.88 bits per heavy atom. The SMILES string of the molecule is CC(C)(C)C1CN(CCC2CC2)C(C)(C)CN1. The first kappa shape index (κ1) is 13.4. The second kappa shape index (κ2) is 4.55. The minimum Gasteiger partial charge on any atom is -0.310 e. The van der Waals surface area contributed by atoms with Crippen molar-refractivity contribution in [3.05, 3.63) is 0 Å². The average Bonchev–Trinajstić information content (AvgIpc) is 2.97. The standard InChI is InChI=1S/C15H30N2/c1-14(2,3)13-10-17(9-8-12-6-7-12)15(4,5)11-16-13/h12-13,16H,6-11H2,1-5H3. The summed E-state index contributed by atoms with van der Waals surface area (Å²) in [7, 11) is 0. The maximum absolute atomic E-state index is 3.74. The minimum atomic E-state index is 0.330. The Kier molecular flexibility index (Phi) is 3.57. The van der Waals surface area contributed by atoms with Crippen molar-refractivity contribution in [2.45, 2.75) is 65.5 Å². The summed E-state index contributed by atoms with van der Waals surface area (Å²) in [6.45, 7) is 15.4. The van der Waals surface area contributed by atoms with Gasteiger partial charge >= 0.3 is 0 Å². The number of nitrogens with zero attached hydrogens (tertiary/aromatic N) is 1. The molecule has 1 aliphatic heterocycles. The Morgan fingerprint density at radius 1 is 1.24 bits per heavy atom. The first-order valence-electron chi connectivity index (χ1n) is 7.27. The topological polar surface area (TPSA) is 15.3 Å². The van der Waals surface area contributed by atoms with E-state index in [1.54, 1.807) is 0 Å². The molecule has 0 aromatic rings. The second-order valence-electron chi connectivity index (χ2n) is 7.79. The van der Waals surface area contributed by atoms with E-state index in [0.29, 0.717) is 17.0 Å². The van der Waals surface area contributed by atoms with E-state index >= 15 is 0 Å². The van der Waals surface area contributed by atoms with E-state index < -0.39 is 0 Å². The summed E-state index contributed by atoms with van der Waals surface area (Å²) in [5, 5.41) is 3.74. The highest BCUT2D eigenvalue weighted by Crippen LogP contribution is 2.34. The van der Waals surface area contributed by atoms with Crippen molar-refractivity contribution in [2.75, 3.05) is 19.6 Å². The number of hydrogen-bond donors (Lipinski definition) is 1. The van der Waals surface area contributed by atoms with E-state index in [1.807, 2.05) is 0 Å². The molecule has 17 heavy (non-hydrogen) atoms. The fourth-order valence-electron chi connectivity index (χ4n) is 2.74. The van der Waals surface area contributed by atoms with Crippen LogP contribution in [0.15, 0.2) is 0 Å². The van der Waals surface area contributed by atoms with Crippen molar-refractivity contribution < 1.29 is 0 Å². The molecule has 2 rings (SSSR count). The molecule has 1 N–H and O–H groups in total. The van der Waals surface area contributed by atoms with Crippen LogP contribution < -0.4 is 5.32 Å². The van der Waals surface area contributed by atoms with E-state index in [2.05, 4.69) is 44.8 Å². The van der Waals surface area contributed by atoms with Gasteiger partial charge in [-0.15, -0.1) is 0 Å². The first-order chi connectivity index (χ1) is 7.79. The molecular weight excluding hydrogens is 208 g/mol. The molecule has 0 aromatic carbocycles. The third-order valence-corrected chi connectivity index (χ3v) is 4.59. The van der Waals surface area contributed by atoms with E-state index in [-0.39, 0.29) is 0 Å². The quantitative estimate of drug-likeness (QED) is 0.813. The molecule has 2 aliphatic rings. The molecule has 1 unspecified atom stereocenters. The third kappa shape index (κ3) is 3.45. The maximum atomic E-state index is 3.74. The summed E-state index contributed by atoms with van der Waals surface area (Å²) in [4.78, 5) is 2.72. The number of rotatable bonds is 3. The molecule has 1 aliphatic carbocycles. The molecule has 1 saturated heterocycles. The Morgan fingerprint density at radius 3 is 2.41 bits per heavy atom. The lowest BCUT2D eigenvalue weighted by Gasteiger charge is -2.49. The van der Waals surface area contributed by atoms with Gasteiger partial charge in [-0.1, -0.05) is 33.6 Å². The lowest BCUT2D eigenvalue weighted by atomic mass is 9.82. The van der Waals surface area contributed by atoms with Crippen molar-refractivity contribution in [2.24, 2.45) is 11.3 Å². The van der Waals surface area contributed by atoms with E-state index in [9.17, 15) is 0 Å². The minimum absolute atomic E-state index is 0.330. The van der Waals surface area contributed by atoms with Gasteiger partial charge in [-0.3, -0.25) is 4.90 Å². The van der Waals surface area contributed by atoms with Crippen molar-refractivity contribution in [1.29, 1.82) is 0 Å². The lowest BCUT2D eigenvalue weighted by Crippen LogP contribution is -2.64. The first-order valence-corrected chi connectivity index (χ1v) is 7.27. The predicted octanol–water partition coefficient (Wildman–Crippen LogP) is 2.89. The molecule has 0 bridgehead atoms. The molecule has 0 radical (unpaired) electrons. The molecule has 1 atom stereocenters. The van der Waals surface area contributed by atoms with Gasteiger partial charge < -0.3 is 5.32 Å². The van der Waals surface area contributed by atoms with Gasteiger partial charge in [-0.05, 0) is 38.1 Å². The van der Waals surface area contributed by atoms with Gasteiger partial charge in [0.2, 0.25) is 0 Å². The lowest BCUT2D eigenvalue weighted by molar-refractivity contribution is 0.0341. The number of nitrogens with one attached hydrogen (secondary N) is 1. The van der Waals surface area contributed by atoms with Crippen LogP contribution in [0.25, 0.3) is 0 Å². The zero-order chi connectivity index (χ0) is 12.7. The van der Waals surface area contributed by atoms with Gasteiger partial charge in [0.25, 0.3) is 0 Å². The van der Waals surface area contributed by atoms with Crippen molar-refractivity contribution in [3.63, 3.8) is 0 Å². The van der Waals surface area contributed by atoms with Crippen LogP contribution in [0.5, 0.6) is 0 Å². The summed E-state index contributed by atoms with van der Waals surface area (Å²) in [5.74, 6) is 1.05. The van der Waals surface area contributed by atoms with Gasteiger partial charge in [-0.25, -0.2) is 0 Å². The van der Waals surface area contributed by atoms with Crippen LogP contribution >= 0.6 is 0 Å². The summed E-state index contributed by atoms with van der Waals surface area (Å²) in [6.07, 6.45) is 4.38. The highest BCUT2D eigenvalue weighted by molar-refractivity contribution is 4.97. The monoisotopic (exact) mass is 238 g/mol. The number of piperazine rings is 1. The molecule has 0 spiro atoms. The van der Waals surface area contributed by atoms with Crippen LogP contribution in [0.2, 0.25) is 0 Å². The molecule has 100 valence electrons. The summed E-state index contributed by atoms with van der Waals surface area (Å²) < 4.78 is 0. The van der Waals surface area contributed by atoms with Crippen LogP contribution in [0.1, 0.15) is 53.9 Å². The van der Waals surface area contributed by atoms with Gasteiger partial charge in [0.05, 0.1) is 0 Å². The Bertz CT molecular complexity index is 261. The van der Waals surface area contributed by atoms with Gasteiger partial charge in [0, 0.05) is 24.7 Å². The predicted molar refractivity (Wildman–Crippen MR) is 74.2 cm³/mol. The largest absolute Gasteiger partial charge is 0.310 e. The Labute approximate surface area is 107 Å². The smallest absolute Gasteiger partial charge is 0.0278 e. The fourth-order valence-corrected chi connectivity index (χ4v) is 2.74. The normalized spacial score (nSPS) is 30.5. The molecule has 0 aromatic heterocycles. The van der Waals surface area contributed by atoms with Gasteiger partial charge in [-0.2, -0.15) is 0 Å². The van der Waals surface area contributed by atoms with Gasteiger partial charge in [0.15, 0.2) is 0 Å². The highest BCUT2D eigenvalue weighted by atomic mass is 15.3.